The topological polar surface area (TPSA) is 45.2 Å². The van der Waals surface area contributed by atoms with Gasteiger partial charge in [-0.15, -0.1) is 0 Å². The fraction of sp³-hybridized carbons (Fsp3) is 0.381. The van der Waals surface area contributed by atoms with Gasteiger partial charge < -0.3 is 4.90 Å². The number of rotatable bonds is 4. The molecule has 0 unspecified atom stereocenters. The summed E-state index contributed by atoms with van der Waals surface area (Å²) >= 11 is 0. The number of aromatic nitrogens is 3. The maximum absolute atomic E-state index is 14.7. The Balaban J connectivity index is 1.46. The van der Waals surface area contributed by atoms with Gasteiger partial charge in [-0.1, -0.05) is 38.1 Å². The van der Waals surface area contributed by atoms with Crippen LogP contribution in [0.4, 0.5) is 10.2 Å². The number of fused-ring (bicyclic) bond motifs is 1. The predicted molar refractivity (Wildman–Crippen MR) is 105 cm³/mol. The number of benzene rings is 1. The van der Waals surface area contributed by atoms with Gasteiger partial charge in [-0.25, -0.2) is 14.4 Å². The quantitative estimate of drug-likeness (QED) is 0.707. The molecule has 1 aliphatic heterocycles. The third-order valence-corrected chi connectivity index (χ3v) is 5.15. The van der Waals surface area contributed by atoms with E-state index >= 15 is 0 Å². The Kier molecular flexibility index (Phi) is 4.99. The minimum absolute atomic E-state index is 0.0467. The van der Waals surface area contributed by atoms with Crippen LogP contribution >= 0.6 is 0 Å². The molecule has 3 heterocycles. The Labute approximate surface area is 158 Å². The van der Waals surface area contributed by atoms with Crippen LogP contribution in [-0.2, 0) is 6.54 Å². The summed E-state index contributed by atoms with van der Waals surface area (Å²) in [6.45, 7) is 7.90. The third kappa shape index (κ3) is 3.62. The van der Waals surface area contributed by atoms with Crippen LogP contribution < -0.4 is 4.90 Å². The molecule has 0 radical (unpaired) electrons. The molecule has 0 aliphatic carbocycles. The molecular weight excluding hydrogens is 341 g/mol. The van der Waals surface area contributed by atoms with Gasteiger partial charge in [0.2, 0.25) is 0 Å². The molecule has 3 aromatic rings. The SMILES string of the molecule is CC(C)c1ncnc(N2CCN(Cc3nccc4ccccc34)CC2)c1F. The molecule has 0 N–H and O–H groups in total. The maximum atomic E-state index is 14.7. The minimum atomic E-state index is -0.281. The zero-order chi connectivity index (χ0) is 18.8. The predicted octanol–water partition coefficient (Wildman–Crippen LogP) is 3.61. The molecule has 1 aromatic carbocycles. The summed E-state index contributed by atoms with van der Waals surface area (Å²) in [5.41, 5.74) is 1.58. The number of hydrogen-bond acceptors (Lipinski definition) is 5. The molecule has 0 spiro atoms. The summed E-state index contributed by atoms with van der Waals surface area (Å²) < 4.78 is 14.7. The molecule has 4 rings (SSSR count). The second kappa shape index (κ2) is 7.56. The summed E-state index contributed by atoms with van der Waals surface area (Å²) in [5, 5.41) is 2.41. The van der Waals surface area contributed by atoms with Gasteiger partial charge in [-0.3, -0.25) is 9.88 Å². The molecule has 5 nitrogen and oxygen atoms in total. The molecule has 0 saturated carbocycles. The summed E-state index contributed by atoms with van der Waals surface area (Å²) in [4.78, 5) is 17.3. The van der Waals surface area contributed by atoms with Gasteiger partial charge in [0.15, 0.2) is 11.6 Å². The Morgan fingerprint density at radius 1 is 1.00 bits per heavy atom. The molecule has 0 amide bonds. The van der Waals surface area contributed by atoms with Gasteiger partial charge in [0.05, 0.1) is 11.4 Å². The molecule has 0 bridgehead atoms. The summed E-state index contributed by atoms with van der Waals surface area (Å²) in [5.74, 6) is 0.193. The molecule has 1 saturated heterocycles. The standard InChI is InChI=1S/C21H24FN5/c1-15(2)20-19(22)21(25-14-24-20)27-11-9-26(10-12-27)13-18-17-6-4-3-5-16(17)7-8-23-18/h3-8,14-15H,9-13H2,1-2H3. The average molecular weight is 365 g/mol. The first-order chi connectivity index (χ1) is 13.1. The molecular formula is C21H24FN5. The van der Waals surface area contributed by atoms with Crippen molar-refractivity contribution in [1.29, 1.82) is 0 Å². The van der Waals surface area contributed by atoms with Crippen molar-refractivity contribution >= 4 is 16.6 Å². The van der Waals surface area contributed by atoms with Gasteiger partial charge >= 0.3 is 0 Å². The fourth-order valence-corrected chi connectivity index (χ4v) is 3.63. The van der Waals surface area contributed by atoms with Crippen LogP contribution in [0.2, 0.25) is 0 Å². The van der Waals surface area contributed by atoms with Crippen molar-refractivity contribution in [2.75, 3.05) is 31.1 Å². The number of pyridine rings is 1. The minimum Gasteiger partial charge on any atom is -0.352 e. The van der Waals surface area contributed by atoms with E-state index in [1.165, 1.54) is 17.1 Å². The zero-order valence-corrected chi connectivity index (χ0v) is 15.8. The van der Waals surface area contributed by atoms with Gasteiger partial charge in [0.25, 0.3) is 0 Å². The Bertz CT molecular complexity index is 930. The van der Waals surface area contributed by atoms with Crippen molar-refractivity contribution in [3.8, 4) is 0 Å². The van der Waals surface area contributed by atoms with Crippen molar-refractivity contribution in [1.82, 2.24) is 19.9 Å². The Morgan fingerprint density at radius 2 is 1.78 bits per heavy atom. The summed E-state index contributed by atoms with van der Waals surface area (Å²) in [6, 6.07) is 10.4. The van der Waals surface area contributed by atoms with Crippen molar-refractivity contribution in [2.24, 2.45) is 0 Å². The lowest BCUT2D eigenvalue weighted by Crippen LogP contribution is -2.46. The van der Waals surface area contributed by atoms with Crippen LogP contribution in [-0.4, -0.2) is 46.0 Å². The van der Waals surface area contributed by atoms with Gasteiger partial charge in [0, 0.05) is 44.3 Å². The van der Waals surface area contributed by atoms with Gasteiger partial charge in [0.1, 0.15) is 6.33 Å². The van der Waals surface area contributed by atoms with Crippen molar-refractivity contribution in [2.45, 2.75) is 26.3 Å². The van der Waals surface area contributed by atoms with Gasteiger partial charge in [-0.05, 0) is 17.4 Å². The Morgan fingerprint density at radius 3 is 2.56 bits per heavy atom. The van der Waals surface area contributed by atoms with Crippen LogP contribution in [0.5, 0.6) is 0 Å². The van der Waals surface area contributed by atoms with Crippen molar-refractivity contribution in [3.05, 3.63) is 60.1 Å². The van der Waals surface area contributed by atoms with Gasteiger partial charge in [-0.2, -0.15) is 0 Å². The monoisotopic (exact) mass is 365 g/mol. The van der Waals surface area contributed by atoms with Crippen LogP contribution in [0.15, 0.2) is 42.9 Å². The van der Waals surface area contributed by atoms with Crippen molar-refractivity contribution in [3.63, 3.8) is 0 Å². The van der Waals surface area contributed by atoms with Crippen LogP contribution in [0.25, 0.3) is 10.8 Å². The van der Waals surface area contributed by atoms with E-state index in [0.717, 1.165) is 38.4 Å². The summed E-state index contributed by atoms with van der Waals surface area (Å²) in [7, 11) is 0. The smallest absolute Gasteiger partial charge is 0.187 e. The van der Waals surface area contributed by atoms with E-state index < -0.39 is 0 Å². The summed E-state index contributed by atoms with van der Waals surface area (Å²) in [6.07, 6.45) is 3.35. The first-order valence-electron chi connectivity index (χ1n) is 9.44. The number of hydrogen-bond donors (Lipinski definition) is 0. The molecule has 1 fully saturated rings. The molecule has 27 heavy (non-hydrogen) atoms. The average Bonchev–Trinajstić information content (AvgIpc) is 2.69. The lowest BCUT2D eigenvalue weighted by Gasteiger charge is -2.35. The largest absolute Gasteiger partial charge is 0.352 e. The Hall–Kier alpha value is -2.60. The van der Waals surface area contributed by atoms with Crippen LogP contribution in [0.1, 0.15) is 31.2 Å². The first kappa shape index (κ1) is 17.8. The van der Waals surface area contributed by atoms with E-state index in [9.17, 15) is 4.39 Å². The number of anilines is 1. The highest BCUT2D eigenvalue weighted by Crippen LogP contribution is 2.24. The van der Waals surface area contributed by atoms with E-state index in [-0.39, 0.29) is 11.7 Å². The lowest BCUT2D eigenvalue weighted by molar-refractivity contribution is 0.246. The van der Waals surface area contributed by atoms with E-state index in [4.69, 9.17) is 0 Å². The second-order valence-electron chi connectivity index (χ2n) is 7.29. The first-order valence-corrected chi connectivity index (χ1v) is 9.44. The van der Waals surface area contributed by atoms with Crippen LogP contribution in [0.3, 0.4) is 0 Å². The second-order valence-corrected chi connectivity index (χ2v) is 7.29. The number of piperazine rings is 1. The lowest BCUT2D eigenvalue weighted by atomic mass is 10.1. The maximum Gasteiger partial charge on any atom is 0.187 e. The number of halogens is 1. The zero-order valence-electron chi connectivity index (χ0n) is 15.8. The highest BCUT2D eigenvalue weighted by atomic mass is 19.1. The fourth-order valence-electron chi connectivity index (χ4n) is 3.63. The number of nitrogens with zero attached hydrogens (tertiary/aromatic N) is 5. The van der Waals surface area contributed by atoms with Crippen LogP contribution in [0, 0.1) is 5.82 Å². The van der Waals surface area contributed by atoms with Crippen molar-refractivity contribution < 1.29 is 4.39 Å². The molecule has 6 heteroatoms. The molecule has 2 aromatic heterocycles. The highest BCUT2D eigenvalue weighted by Gasteiger charge is 2.23. The molecule has 1 aliphatic rings. The molecule has 140 valence electrons. The van der Waals surface area contributed by atoms with E-state index in [1.807, 2.05) is 37.1 Å². The van der Waals surface area contributed by atoms with E-state index in [1.54, 1.807) is 0 Å². The normalized spacial score (nSPS) is 15.6. The van der Waals surface area contributed by atoms with E-state index in [2.05, 4.69) is 38.1 Å². The third-order valence-electron chi connectivity index (χ3n) is 5.15. The molecule has 0 atom stereocenters. The van der Waals surface area contributed by atoms with E-state index in [0.29, 0.717) is 11.5 Å². The highest BCUT2D eigenvalue weighted by molar-refractivity contribution is 5.84.